The van der Waals surface area contributed by atoms with E-state index < -0.39 is 0 Å². The van der Waals surface area contributed by atoms with E-state index in [4.69, 9.17) is 4.74 Å². The molecule has 1 rings (SSSR count). The van der Waals surface area contributed by atoms with Crippen molar-refractivity contribution in [2.45, 2.75) is 0 Å². The molecule has 13 heavy (non-hydrogen) atoms. The lowest BCUT2D eigenvalue weighted by molar-refractivity contribution is -0.120. The number of carbonyl (C=O) groups excluding carboxylic acids is 1. The fourth-order valence-electron chi connectivity index (χ4n) is 0.960. The van der Waals surface area contributed by atoms with Gasteiger partial charge in [0.05, 0.1) is 7.11 Å². The molecule has 0 fully saturated rings. The quantitative estimate of drug-likeness (QED) is 0.660. The molecular weight excluding hydrogens is 168 g/mol. The van der Waals surface area contributed by atoms with Crippen LogP contribution in [-0.2, 0) is 4.79 Å². The van der Waals surface area contributed by atoms with E-state index in [-0.39, 0.29) is 0 Å². The smallest absolute Gasteiger partial charge is 0.298 e. The Balaban J connectivity index is 3.06. The van der Waals surface area contributed by atoms with Crippen molar-refractivity contribution in [3.8, 4) is 11.5 Å². The van der Waals surface area contributed by atoms with Gasteiger partial charge in [-0.15, -0.1) is 0 Å². The minimum Gasteiger partial charge on any atom is -0.493 e. The van der Waals surface area contributed by atoms with Crippen molar-refractivity contribution in [2.75, 3.05) is 7.11 Å². The summed E-state index contributed by atoms with van der Waals surface area (Å²) in [5, 5.41) is 0. The second-order valence-corrected chi connectivity index (χ2v) is 2.33. The molecule has 0 aliphatic rings. The second kappa shape index (κ2) is 4.30. The number of carbonyl (C=O) groups is 1. The van der Waals surface area contributed by atoms with Crippen LogP contribution in [-0.4, -0.2) is 13.6 Å². The van der Waals surface area contributed by atoms with Crippen LogP contribution in [0.1, 0.15) is 5.56 Å². The molecule has 3 heteroatoms. The lowest BCUT2D eigenvalue weighted by Crippen LogP contribution is -1.93. The Morgan fingerprint density at radius 2 is 2.15 bits per heavy atom. The SMILES string of the molecule is C=Cc1ccc(OC=O)c(OC)c1. The van der Waals surface area contributed by atoms with Gasteiger partial charge in [-0.05, 0) is 17.7 Å². The van der Waals surface area contributed by atoms with Gasteiger partial charge in [0, 0.05) is 0 Å². The minimum atomic E-state index is 0.367. The summed E-state index contributed by atoms with van der Waals surface area (Å²) in [6.45, 7) is 3.98. The lowest BCUT2D eigenvalue weighted by Gasteiger charge is -2.06. The van der Waals surface area contributed by atoms with Crippen molar-refractivity contribution in [3.05, 3.63) is 30.3 Å². The Bertz CT molecular complexity index is 318. The van der Waals surface area contributed by atoms with Gasteiger partial charge in [-0.2, -0.15) is 0 Å². The second-order valence-electron chi connectivity index (χ2n) is 2.33. The molecule has 0 amide bonds. The van der Waals surface area contributed by atoms with E-state index in [1.807, 2.05) is 0 Å². The maximum atomic E-state index is 10.1. The number of benzene rings is 1. The van der Waals surface area contributed by atoms with Crippen LogP contribution >= 0.6 is 0 Å². The fourth-order valence-corrected chi connectivity index (χ4v) is 0.960. The highest BCUT2D eigenvalue weighted by atomic mass is 16.5. The van der Waals surface area contributed by atoms with E-state index in [0.717, 1.165) is 5.56 Å². The Hall–Kier alpha value is -1.77. The number of rotatable bonds is 4. The highest BCUT2D eigenvalue weighted by Gasteiger charge is 2.03. The molecule has 0 atom stereocenters. The molecule has 0 aliphatic heterocycles. The predicted octanol–water partition coefficient (Wildman–Crippen LogP) is 1.87. The topological polar surface area (TPSA) is 35.5 Å². The first kappa shape index (κ1) is 9.32. The van der Waals surface area contributed by atoms with E-state index in [1.54, 1.807) is 24.3 Å². The maximum Gasteiger partial charge on any atom is 0.298 e. The summed E-state index contributed by atoms with van der Waals surface area (Å²) in [4.78, 5) is 10.1. The van der Waals surface area contributed by atoms with Crippen molar-refractivity contribution >= 4 is 12.5 Å². The zero-order valence-corrected chi connectivity index (χ0v) is 7.32. The third-order valence-corrected chi connectivity index (χ3v) is 1.60. The monoisotopic (exact) mass is 178 g/mol. The van der Waals surface area contributed by atoms with Crippen LogP contribution in [0.4, 0.5) is 0 Å². The van der Waals surface area contributed by atoms with Crippen LogP contribution in [0.5, 0.6) is 11.5 Å². The first-order valence-electron chi connectivity index (χ1n) is 3.72. The molecular formula is C10H10O3. The zero-order chi connectivity index (χ0) is 9.68. The van der Waals surface area contributed by atoms with Crippen LogP contribution in [0.2, 0.25) is 0 Å². The molecule has 3 nitrogen and oxygen atoms in total. The molecule has 68 valence electrons. The van der Waals surface area contributed by atoms with Crippen LogP contribution in [0.15, 0.2) is 24.8 Å². The Kier molecular flexibility index (Phi) is 3.09. The van der Waals surface area contributed by atoms with Crippen molar-refractivity contribution < 1.29 is 14.3 Å². The Morgan fingerprint density at radius 3 is 2.69 bits per heavy atom. The average Bonchev–Trinajstić information content (AvgIpc) is 2.19. The van der Waals surface area contributed by atoms with Gasteiger partial charge in [0.15, 0.2) is 11.5 Å². The molecule has 1 aromatic rings. The highest BCUT2D eigenvalue weighted by Crippen LogP contribution is 2.27. The van der Waals surface area contributed by atoms with Gasteiger partial charge in [-0.3, -0.25) is 4.79 Å². The largest absolute Gasteiger partial charge is 0.493 e. The summed E-state index contributed by atoms with van der Waals surface area (Å²) in [6, 6.07) is 5.18. The summed E-state index contributed by atoms with van der Waals surface area (Å²) < 4.78 is 9.70. The van der Waals surface area contributed by atoms with Crippen LogP contribution in [0.3, 0.4) is 0 Å². The summed E-state index contributed by atoms with van der Waals surface area (Å²) in [5.74, 6) is 0.924. The van der Waals surface area contributed by atoms with Crippen LogP contribution < -0.4 is 9.47 Å². The standard InChI is InChI=1S/C10H10O3/c1-3-8-4-5-9(13-7-11)10(6-8)12-2/h3-7H,1H2,2H3. The number of hydrogen-bond donors (Lipinski definition) is 0. The Morgan fingerprint density at radius 1 is 1.38 bits per heavy atom. The molecule has 0 N–H and O–H groups in total. The normalized spacial score (nSPS) is 9.00. The predicted molar refractivity (Wildman–Crippen MR) is 49.8 cm³/mol. The molecule has 0 aromatic heterocycles. The molecule has 1 aromatic carbocycles. The number of hydrogen-bond acceptors (Lipinski definition) is 3. The van der Waals surface area contributed by atoms with Gasteiger partial charge >= 0.3 is 0 Å². The van der Waals surface area contributed by atoms with Crippen LogP contribution in [0, 0.1) is 0 Å². The maximum absolute atomic E-state index is 10.1. The minimum absolute atomic E-state index is 0.367. The number of methoxy groups -OCH3 is 1. The highest BCUT2D eigenvalue weighted by molar-refractivity contribution is 5.57. The Labute approximate surface area is 76.6 Å². The zero-order valence-electron chi connectivity index (χ0n) is 7.32. The molecule has 0 heterocycles. The first-order valence-corrected chi connectivity index (χ1v) is 3.72. The van der Waals surface area contributed by atoms with Crippen molar-refractivity contribution in [3.63, 3.8) is 0 Å². The van der Waals surface area contributed by atoms with Crippen molar-refractivity contribution in [2.24, 2.45) is 0 Å². The molecule has 0 bridgehead atoms. The van der Waals surface area contributed by atoms with E-state index in [9.17, 15) is 4.79 Å². The van der Waals surface area contributed by atoms with Gasteiger partial charge in [-0.1, -0.05) is 18.7 Å². The summed E-state index contributed by atoms with van der Waals surface area (Å²) >= 11 is 0. The lowest BCUT2D eigenvalue weighted by atomic mass is 10.2. The van der Waals surface area contributed by atoms with Crippen molar-refractivity contribution in [1.82, 2.24) is 0 Å². The third kappa shape index (κ3) is 2.08. The van der Waals surface area contributed by atoms with Gasteiger partial charge in [-0.25, -0.2) is 0 Å². The number of ether oxygens (including phenoxy) is 2. The van der Waals surface area contributed by atoms with Gasteiger partial charge in [0.2, 0.25) is 0 Å². The summed E-state index contributed by atoms with van der Waals surface area (Å²) in [5.41, 5.74) is 0.912. The van der Waals surface area contributed by atoms with E-state index in [2.05, 4.69) is 11.3 Å². The molecule has 0 unspecified atom stereocenters. The van der Waals surface area contributed by atoms with E-state index in [1.165, 1.54) is 7.11 Å². The average molecular weight is 178 g/mol. The molecule has 0 radical (unpaired) electrons. The van der Waals surface area contributed by atoms with E-state index >= 15 is 0 Å². The van der Waals surface area contributed by atoms with Gasteiger partial charge < -0.3 is 9.47 Å². The van der Waals surface area contributed by atoms with Crippen LogP contribution in [0.25, 0.3) is 6.08 Å². The fraction of sp³-hybridized carbons (Fsp3) is 0.100. The third-order valence-electron chi connectivity index (χ3n) is 1.60. The summed E-state index contributed by atoms with van der Waals surface area (Å²) in [6.07, 6.45) is 1.69. The van der Waals surface area contributed by atoms with Gasteiger partial charge in [0.25, 0.3) is 6.47 Å². The molecule has 0 saturated carbocycles. The molecule has 0 aliphatic carbocycles. The van der Waals surface area contributed by atoms with Gasteiger partial charge in [0.1, 0.15) is 0 Å². The molecule has 0 saturated heterocycles. The van der Waals surface area contributed by atoms with Crippen molar-refractivity contribution in [1.29, 1.82) is 0 Å². The molecule has 0 spiro atoms. The van der Waals surface area contributed by atoms with E-state index in [0.29, 0.717) is 18.0 Å². The summed E-state index contributed by atoms with van der Waals surface area (Å²) in [7, 11) is 1.51. The first-order chi connectivity index (χ1) is 6.31.